The van der Waals surface area contributed by atoms with Gasteiger partial charge >= 0.3 is 0 Å². The van der Waals surface area contributed by atoms with Crippen molar-refractivity contribution in [3.63, 3.8) is 0 Å². The lowest BCUT2D eigenvalue weighted by Gasteiger charge is -2.28. The van der Waals surface area contributed by atoms with Crippen molar-refractivity contribution in [1.82, 2.24) is 5.32 Å². The van der Waals surface area contributed by atoms with Crippen LogP contribution >= 0.6 is 0 Å². The van der Waals surface area contributed by atoms with Gasteiger partial charge in [0.05, 0.1) is 5.60 Å². The highest BCUT2D eigenvalue weighted by molar-refractivity contribution is 5.37. The molecule has 0 saturated carbocycles. The Kier molecular flexibility index (Phi) is 6.03. The molecule has 3 heteroatoms. The maximum atomic E-state index is 10.3. The van der Waals surface area contributed by atoms with Crippen LogP contribution in [-0.2, 0) is 6.54 Å². The van der Waals surface area contributed by atoms with Crippen LogP contribution in [0, 0.1) is 12.8 Å². The van der Waals surface area contributed by atoms with Crippen molar-refractivity contribution in [2.45, 2.75) is 59.7 Å². The first-order valence-electron chi connectivity index (χ1n) is 7.40. The van der Waals surface area contributed by atoms with Crippen LogP contribution in [0.1, 0.15) is 45.7 Å². The van der Waals surface area contributed by atoms with Gasteiger partial charge < -0.3 is 15.2 Å². The molecule has 0 aliphatic rings. The number of rotatable bonds is 7. The molecule has 0 heterocycles. The number of aryl methyl sites for hydroxylation is 1. The monoisotopic (exact) mass is 279 g/mol. The second-order valence-electron chi connectivity index (χ2n) is 6.45. The molecule has 0 aliphatic heterocycles. The lowest BCUT2D eigenvalue weighted by molar-refractivity contribution is -0.0268. The van der Waals surface area contributed by atoms with Gasteiger partial charge in [-0.3, -0.25) is 0 Å². The van der Waals surface area contributed by atoms with E-state index in [1.165, 1.54) is 5.56 Å². The summed E-state index contributed by atoms with van der Waals surface area (Å²) in [6.45, 7) is 13.2. The van der Waals surface area contributed by atoms with Crippen LogP contribution in [0.4, 0.5) is 0 Å². The molecular formula is C17H29NO2. The van der Waals surface area contributed by atoms with E-state index in [0.29, 0.717) is 12.6 Å². The number of ether oxygens (including phenoxy) is 1. The normalized spacial score (nSPS) is 14.7. The third-order valence-electron chi connectivity index (χ3n) is 3.68. The summed E-state index contributed by atoms with van der Waals surface area (Å²) in [5, 5.41) is 13.7. The van der Waals surface area contributed by atoms with Crippen LogP contribution in [0.15, 0.2) is 18.2 Å². The summed E-state index contributed by atoms with van der Waals surface area (Å²) in [6, 6.07) is 6.60. The smallest absolute Gasteiger partial charge is 0.123 e. The van der Waals surface area contributed by atoms with Crippen LogP contribution in [0.25, 0.3) is 0 Å². The summed E-state index contributed by atoms with van der Waals surface area (Å²) >= 11 is 0. The van der Waals surface area contributed by atoms with Crippen molar-refractivity contribution in [3.8, 4) is 5.75 Å². The summed E-state index contributed by atoms with van der Waals surface area (Å²) in [5.41, 5.74) is 1.54. The zero-order valence-electron chi connectivity index (χ0n) is 13.7. The molecule has 0 amide bonds. The highest BCUT2D eigenvalue weighted by atomic mass is 16.5. The Labute approximate surface area is 123 Å². The molecule has 2 N–H and O–H groups in total. The van der Waals surface area contributed by atoms with E-state index >= 15 is 0 Å². The minimum Gasteiger partial charge on any atom is -0.490 e. The van der Waals surface area contributed by atoms with Gasteiger partial charge in [0.25, 0.3) is 0 Å². The van der Waals surface area contributed by atoms with Crippen molar-refractivity contribution < 1.29 is 9.84 Å². The topological polar surface area (TPSA) is 41.5 Å². The van der Waals surface area contributed by atoms with Crippen LogP contribution in [0.3, 0.4) is 0 Å². The predicted molar refractivity (Wildman–Crippen MR) is 84.1 cm³/mol. The zero-order valence-corrected chi connectivity index (χ0v) is 13.7. The third-order valence-corrected chi connectivity index (χ3v) is 3.68. The van der Waals surface area contributed by atoms with E-state index in [9.17, 15) is 5.11 Å². The second-order valence-corrected chi connectivity index (χ2v) is 6.45. The molecule has 0 bridgehead atoms. The molecule has 1 aromatic rings. The van der Waals surface area contributed by atoms with Crippen molar-refractivity contribution >= 4 is 0 Å². The maximum Gasteiger partial charge on any atom is 0.123 e. The Morgan fingerprint density at radius 2 is 1.90 bits per heavy atom. The molecule has 0 spiro atoms. The van der Waals surface area contributed by atoms with E-state index in [4.69, 9.17) is 4.74 Å². The Bertz CT molecular complexity index is 425. The fraction of sp³-hybridized carbons (Fsp3) is 0.647. The lowest BCUT2D eigenvalue weighted by atomic mass is 9.94. The zero-order chi connectivity index (χ0) is 15.3. The fourth-order valence-electron chi connectivity index (χ4n) is 1.69. The van der Waals surface area contributed by atoms with E-state index in [0.717, 1.165) is 17.9 Å². The number of hydrogen-bond acceptors (Lipinski definition) is 3. The molecule has 20 heavy (non-hydrogen) atoms. The number of aliphatic hydroxyl groups is 1. The largest absolute Gasteiger partial charge is 0.490 e. The lowest BCUT2D eigenvalue weighted by Crippen LogP contribution is -2.38. The van der Waals surface area contributed by atoms with Gasteiger partial charge in [-0.15, -0.1) is 0 Å². The molecular weight excluding hydrogens is 250 g/mol. The predicted octanol–water partition coefficient (Wildman–Crippen LogP) is 3.28. The summed E-state index contributed by atoms with van der Waals surface area (Å²) in [4.78, 5) is 0. The molecule has 1 aromatic carbocycles. The van der Waals surface area contributed by atoms with Gasteiger partial charge in [0.1, 0.15) is 12.4 Å². The van der Waals surface area contributed by atoms with Gasteiger partial charge in [-0.05, 0) is 25.8 Å². The van der Waals surface area contributed by atoms with Crippen molar-refractivity contribution in [1.29, 1.82) is 0 Å². The summed E-state index contributed by atoms with van der Waals surface area (Å²) < 4.78 is 5.86. The minimum atomic E-state index is -0.812. The third kappa shape index (κ3) is 5.14. The maximum absolute atomic E-state index is 10.3. The molecule has 1 atom stereocenters. The number of nitrogens with one attached hydrogen (secondary N) is 1. The van der Waals surface area contributed by atoms with E-state index in [2.05, 4.69) is 32.2 Å². The van der Waals surface area contributed by atoms with E-state index in [1.54, 1.807) is 0 Å². The Balaban J connectivity index is 2.78. The first kappa shape index (κ1) is 17.0. The SMILES string of the molecule is Cc1ccc(OCC(C)(O)C(C)C)c(CNC(C)C)c1. The van der Waals surface area contributed by atoms with Gasteiger partial charge in [0, 0.05) is 18.2 Å². The van der Waals surface area contributed by atoms with Gasteiger partial charge in [-0.2, -0.15) is 0 Å². The molecule has 0 radical (unpaired) electrons. The highest BCUT2D eigenvalue weighted by Gasteiger charge is 2.26. The van der Waals surface area contributed by atoms with Crippen molar-refractivity contribution in [2.75, 3.05) is 6.61 Å². The molecule has 0 aromatic heterocycles. The fourth-order valence-corrected chi connectivity index (χ4v) is 1.69. The van der Waals surface area contributed by atoms with E-state index in [-0.39, 0.29) is 5.92 Å². The van der Waals surface area contributed by atoms with Gasteiger partial charge in [0.2, 0.25) is 0 Å². The quantitative estimate of drug-likeness (QED) is 0.805. The number of hydrogen-bond donors (Lipinski definition) is 2. The molecule has 0 aliphatic carbocycles. The van der Waals surface area contributed by atoms with Gasteiger partial charge in [0.15, 0.2) is 0 Å². The summed E-state index contributed by atoms with van der Waals surface area (Å²) in [5.74, 6) is 1.01. The first-order chi connectivity index (χ1) is 9.22. The van der Waals surface area contributed by atoms with Gasteiger partial charge in [-0.1, -0.05) is 45.4 Å². The second kappa shape index (κ2) is 7.09. The van der Waals surface area contributed by atoms with Crippen LogP contribution in [0.2, 0.25) is 0 Å². The standard InChI is InChI=1S/C17H29NO2/c1-12(2)17(6,19)11-20-16-8-7-14(5)9-15(16)10-18-13(3)4/h7-9,12-13,18-19H,10-11H2,1-6H3. The molecule has 1 rings (SSSR count). The van der Waals surface area contributed by atoms with Crippen molar-refractivity contribution in [2.24, 2.45) is 5.92 Å². The highest BCUT2D eigenvalue weighted by Crippen LogP contribution is 2.23. The molecule has 3 nitrogen and oxygen atoms in total. The molecule has 0 fully saturated rings. The Morgan fingerprint density at radius 3 is 2.45 bits per heavy atom. The Morgan fingerprint density at radius 1 is 1.25 bits per heavy atom. The van der Waals surface area contributed by atoms with E-state index < -0.39 is 5.60 Å². The van der Waals surface area contributed by atoms with Gasteiger partial charge in [-0.25, -0.2) is 0 Å². The average Bonchev–Trinajstić information content (AvgIpc) is 2.34. The van der Waals surface area contributed by atoms with Crippen LogP contribution < -0.4 is 10.1 Å². The average molecular weight is 279 g/mol. The summed E-state index contributed by atoms with van der Waals surface area (Å²) in [7, 11) is 0. The van der Waals surface area contributed by atoms with Crippen LogP contribution in [0.5, 0.6) is 5.75 Å². The molecule has 1 unspecified atom stereocenters. The number of benzene rings is 1. The molecule has 0 saturated heterocycles. The van der Waals surface area contributed by atoms with Crippen LogP contribution in [-0.4, -0.2) is 23.4 Å². The molecule has 114 valence electrons. The first-order valence-corrected chi connectivity index (χ1v) is 7.40. The van der Waals surface area contributed by atoms with Crippen molar-refractivity contribution in [3.05, 3.63) is 29.3 Å². The van der Waals surface area contributed by atoms with E-state index in [1.807, 2.05) is 32.9 Å². The Hall–Kier alpha value is -1.06. The summed E-state index contributed by atoms with van der Waals surface area (Å²) in [6.07, 6.45) is 0. The minimum absolute atomic E-state index is 0.158.